The van der Waals surface area contributed by atoms with Crippen molar-refractivity contribution in [3.05, 3.63) is 23.2 Å². The molecule has 0 fully saturated rings. The van der Waals surface area contributed by atoms with Gasteiger partial charge in [0.2, 0.25) is 6.10 Å². The SMILES string of the molecule is O=S(=O)(Cl)c1ccc(Cl)cc1OC(F)P. The number of ether oxygens (including phenoxy) is 1. The predicted molar refractivity (Wildman–Crippen MR) is 59.7 cm³/mol. The maximum absolute atomic E-state index is 12.5. The van der Waals surface area contributed by atoms with Gasteiger partial charge in [-0.15, -0.1) is 0 Å². The van der Waals surface area contributed by atoms with Gasteiger partial charge in [0.25, 0.3) is 9.05 Å². The standard InChI is InChI=1S/C7H6Cl2FO3PS/c8-4-1-2-6(15(9,11)12)5(3-4)13-7(10)14/h1-3,7H,14H2. The van der Waals surface area contributed by atoms with Crippen LogP contribution in [0.25, 0.3) is 0 Å². The first-order valence-electron chi connectivity index (χ1n) is 3.61. The van der Waals surface area contributed by atoms with Crippen LogP contribution in [0, 0.1) is 0 Å². The molecule has 84 valence electrons. The molecule has 1 aromatic rings. The van der Waals surface area contributed by atoms with E-state index in [1.54, 1.807) is 9.24 Å². The molecule has 3 nitrogen and oxygen atoms in total. The van der Waals surface area contributed by atoms with Gasteiger partial charge in [-0.25, -0.2) is 8.42 Å². The molecule has 0 aliphatic heterocycles. The van der Waals surface area contributed by atoms with E-state index in [0.717, 1.165) is 6.07 Å². The summed E-state index contributed by atoms with van der Waals surface area (Å²) in [5, 5.41) is 0.222. The third-order valence-corrected chi connectivity index (χ3v) is 3.14. The first kappa shape index (κ1) is 13.0. The van der Waals surface area contributed by atoms with Gasteiger partial charge < -0.3 is 4.74 Å². The van der Waals surface area contributed by atoms with Crippen LogP contribution in [0.5, 0.6) is 5.75 Å². The lowest BCUT2D eigenvalue weighted by Gasteiger charge is -2.10. The lowest BCUT2D eigenvalue weighted by Crippen LogP contribution is -2.04. The summed E-state index contributed by atoms with van der Waals surface area (Å²) >= 11 is 5.60. The van der Waals surface area contributed by atoms with Crippen molar-refractivity contribution in [2.75, 3.05) is 0 Å². The molecule has 0 N–H and O–H groups in total. The Balaban J connectivity index is 3.27. The van der Waals surface area contributed by atoms with Gasteiger partial charge >= 0.3 is 0 Å². The van der Waals surface area contributed by atoms with Gasteiger partial charge in [0.1, 0.15) is 10.6 Å². The van der Waals surface area contributed by atoms with Gasteiger partial charge in [0.05, 0.1) is 0 Å². The number of hydrogen-bond donors (Lipinski definition) is 0. The largest absolute Gasteiger partial charge is 0.456 e. The van der Waals surface area contributed by atoms with Crippen LogP contribution in [0.3, 0.4) is 0 Å². The van der Waals surface area contributed by atoms with Crippen molar-refractivity contribution in [2.45, 2.75) is 11.0 Å². The van der Waals surface area contributed by atoms with Crippen LogP contribution in [0.2, 0.25) is 5.02 Å². The van der Waals surface area contributed by atoms with Crippen LogP contribution in [0.1, 0.15) is 0 Å². The highest BCUT2D eigenvalue weighted by atomic mass is 35.7. The fraction of sp³-hybridized carbons (Fsp3) is 0.143. The molecule has 0 aromatic heterocycles. The second kappa shape index (κ2) is 4.83. The minimum atomic E-state index is -3.98. The molecule has 1 rings (SSSR count). The molecule has 2 unspecified atom stereocenters. The molecule has 0 aliphatic carbocycles. The molecule has 2 atom stereocenters. The molecule has 0 radical (unpaired) electrons. The van der Waals surface area contributed by atoms with Crippen LogP contribution < -0.4 is 4.74 Å². The van der Waals surface area contributed by atoms with Crippen molar-refractivity contribution < 1.29 is 17.5 Å². The molecule has 15 heavy (non-hydrogen) atoms. The van der Waals surface area contributed by atoms with E-state index >= 15 is 0 Å². The van der Waals surface area contributed by atoms with E-state index in [9.17, 15) is 12.8 Å². The topological polar surface area (TPSA) is 43.4 Å². The Morgan fingerprint density at radius 2 is 2.07 bits per heavy atom. The maximum atomic E-state index is 12.5. The van der Waals surface area contributed by atoms with Gasteiger partial charge in [0, 0.05) is 21.8 Å². The van der Waals surface area contributed by atoms with Gasteiger partial charge in [-0.2, -0.15) is 4.39 Å². The van der Waals surface area contributed by atoms with E-state index in [1.165, 1.54) is 12.1 Å². The summed E-state index contributed by atoms with van der Waals surface area (Å²) in [4.78, 5) is -0.321. The second-order valence-corrected chi connectivity index (χ2v) is 5.99. The highest BCUT2D eigenvalue weighted by Gasteiger charge is 2.18. The van der Waals surface area contributed by atoms with Crippen LogP contribution in [0.15, 0.2) is 23.1 Å². The average molecular weight is 291 g/mol. The summed E-state index contributed by atoms with van der Waals surface area (Å²) in [6.45, 7) is 0. The van der Waals surface area contributed by atoms with Crippen molar-refractivity contribution in [2.24, 2.45) is 0 Å². The van der Waals surface area contributed by atoms with Crippen molar-refractivity contribution in [3.8, 4) is 5.75 Å². The van der Waals surface area contributed by atoms with E-state index in [0.29, 0.717) is 0 Å². The van der Waals surface area contributed by atoms with Gasteiger partial charge in [-0.1, -0.05) is 20.8 Å². The summed E-state index contributed by atoms with van der Waals surface area (Å²) in [5.74, 6) is -0.222. The fourth-order valence-corrected chi connectivity index (χ4v) is 2.17. The summed E-state index contributed by atoms with van der Waals surface area (Å²) in [5.41, 5.74) is 0. The molecule has 0 aliphatic rings. The normalized spacial score (nSPS) is 13.6. The van der Waals surface area contributed by atoms with Crippen molar-refractivity contribution in [1.82, 2.24) is 0 Å². The van der Waals surface area contributed by atoms with E-state index < -0.39 is 15.1 Å². The van der Waals surface area contributed by atoms with Crippen molar-refractivity contribution in [1.29, 1.82) is 0 Å². The van der Waals surface area contributed by atoms with Gasteiger partial charge in [-0.05, 0) is 12.1 Å². The molecule has 0 heterocycles. The van der Waals surface area contributed by atoms with Crippen molar-refractivity contribution in [3.63, 3.8) is 0 Å². The summed E-state index contributed by atoms with van der Waals surface area (Å²) in [6, 6.07) is 3.64. The van der Waals surface area contributed by atoms with Crippen LogP contribution >= 0.6 is 31.5 Å². The summed E-state index contributed by atoms with van der Waals surface area (Å²) < 4.78 is 39.3. The third kappa shape index (κ3) is 3.76. The first-order chi connectivity index (χ1) is 6.80. The Bertz CT molecular complexity index is 463. The highest BCUT2D eigenvalue weighted by Crippen LogP contribution is 2.31. The lowest BCUT2D eigenvalue weighted by molar-refractivity contribution is 0.149. The van der Waals surface area contributed by atoms with Crippen LogP contribution in [-0.4, -0.2) is 14.5 Å². The molecule has 0 saturated heterocycles. The minimum absolute atomic E-state index is 0.222. The zero-order valence-electron chi connectivity index (χ0n) is 7.15. The monoisotopic (exact) mass is 290 g/mol. The molecule has 1 aromatic carbocycles. The maximum Gasteiger partial charge on any atom is 0.264 e. The number of rotatable bonds is 3. The Morgan fingerprint density at radius 3 is 2.53 bits per heavy atom. The number of alkyl halides is 1. The number of halogens is 3. The molecule has 8 heteroatoms. The van der Waals surface area contributed by atoms with Crippen LogP contribution in [-0.2, 0) is 9.05 Å². The third-order valence-electron chi connectivity index (χ3n) is 1.41. The number of hydrogen-bond acceptors (Lipinski definition) is 3. The molecule has 0 bridgehead atoms. The molecule has 0 saturated carbocycles. The first-order valence-corrected chi connectivity index (χ1v) is 6.96. The smallest absolute Gasteiger partial charge is 0.264 e. The predicted octanol–water partition coefficient (Wildman–Crippen LogP) is 2.77. The highest BCUT2D eigenvalue weighted by molar-refractivity contribution is 8.13. The quantitative estimate of drug-likeness (QED) is 0.635. The Morgan fingerprint density at radius 1 is 1.47 bits per heavy atom. The van der Waals surface area contributed by atoms with Crippen molar-refractivity contribution >= 4 is 40.6 Å². The molecule has 0 spiro atoms. The second-order valence-electron chi connectivity index (χ2n) is 2.50. The molecular weight excluding hydrogens is 285 g/mol. The van der Waals surface area contributed by atoms with E-state index in [2.05, 4.69) is 4.74 Å². The zero-order chi connectivity index (χ0) is 11.6. The molecular formula is C7H6Cl2FO3PS. The van der Waals surface area contributed by atoms with E-state index in [-0.39, 0.29) is 15.7 Å². The Kier molecular flexibility index (Phi) is 4.18. The van der Waals surface area contributed by atoms with Crippen LogP contribution in [0.4, 0.5) is 4.39 Å². The fourth-order valence-electron chi connectivity index (χ4n) is 0.897. The molecule has 0 amide bonds. The van der Waals surface area contributed by atoms with Gasteiger partial charge in [-0.3, -0.25) is 0 Å². The minimum Gasteiger partial charge on any atom is -0.456 e. The average Bonchev–Trinajstić information content (AvgIpc) is 1.99. The Labute approximate surface area is 98.1 Å². The van der Waals surface area contributed by atoms with Gasteiger partial charge in [0.15, 0.2) is 0 Å². The number of benzene rings is 1. The summed E-state index contributed by atoms with van der Waals surface area (Å²) in [6.07, 6.45) is -1.74. The lowest BCUT2D eigenvalue weighted by atomic mass is 10.3. The Hall–Kier alpha value is -0.0900. The summed E-state index contributed by atoms with van der Waals surface area (Å²) in [7, 11) is 2.85. The zero-order valence-corrected chi connectivity index (χ0v) is 10.6. The van der Waals surface area contributed by atoms with E-state index in [4.69, 9.17) is 22.3 Å². The van der Waals surface area contributed by atoms with E-state index in [1.807, 2.05) is 0 Å².